The first-order valence-corrected chi connectivity index (χ1v) is 11.1. The molecule has 2 aromatic carbocycles. The highest BCUT2D eigenvalue weighted by Crippen LogP contribution is 2.24. The summed E-state index contributed by atoms with van der Waals surface area (Å²) in [4.78, 5) is 14.4. The zero-order valence-electron chi connectivity index (χ0n) is 18.0. The first-order chi connectivity index (χ1) is 14.5. The summed E-state index contributed by atoms with van der Waals surface area (Å²) < 4.78 is 5.05. The molecule has 0 spiro atoms. The Bertz CT molecular complexity index is 861. The van der Waals surface area contributed by atoms with Gasteiger partial charge < -0.3 is 20.3 Å². The number of piperidine rings is 1. The predicted molar refractivity (Wildman–Crippen MR) is 127 cm³/mol. The minimum absolute atomic E-state index is 0.0636. The molecule has 0 aliphatic carbocycles. The summed E-state index contributed by atoms with van der Waals surface area (Å²) in [6.07, 6.45) is 2.52. The van der Waals surface area contributed by atoms with E-state index >= 15 is 0 Å². The van der Waals surface area contributed by atoms with Crippen molar-refractivity contribution in [1.29, 1.82) is 0 Å². The van der Waals surface area contributed by atoms with Crippen molar-refractivity contribution in [3.63, 3.8) is 0 Å². The second-order valence-electron chi connectivity index (χ2n) is 7.88. The number of anilines is 2. The highest BCUT2D eigenvalue weighted by atomic mass is 32.1. The zero-order valence-corrected chi connectivity index (χ0v) is 18.8. The minimum Gasteiger partial charge on any atom is -0.462 e. The van der Waals surface area contributed by atoms with Crippen LogP contribution in [0.15, 0.2) is 48.5 Å². The summed E-state index contributed by atoms with van der Waals surface area (Å²) in [6.45, 7) is 8.82. The molecule has 0 bridgehead atoms. The summed E-state index contributed by atoms with van der Waals surface area (Å²) in [5.74, 6) is 0.493. The predicted octanol–water partition coefficient (Wildman–Crippen LogP) is 5.15. The maximum absolute atomic E-state index is 11.9. The molecule has 160 valence electrons. The molecule has 0 unspecified atom stereocenters. The number of nitrogens with one attached hydrogen (secondary N) is 2. The maximum Gasteiger partial charge on any atom is 0.338 e. The van der Waals surface area contributed by atoms with E-state index in [1.165, 1.54) is 24.1 Å². The van der Waals surface area contributed by atoms with Gasteiger partial charge in [-0.15, -0.1) is 0 Å². The van der Waals surface area contributed by atoms with Gasteiger partial charge in [-0.1, -0.05) is 25.1 Å². The smallest absolute Gasteiger partial charge is 0.338 e. The number of thiocarbonyl (C=S) groups is 1. The van der Waals surface area contributed by atoms with Crippen LogP contribution in [0, 0.1) is 5.92 Å². The summed E-state index contributed by atoms with van der Waals surface area (Å²) in [7, 11) is 0. The van der Waals surface area contributed by atoms with Crippen molar-refractivity contribution in [3.05, 3.63) is 59.7 Å². The lowest BCUT2D eigenvalue weighted by molar-refractivity contribution is 0.0526. The quantitative estimate of drug-likeness (QED) is 0.493. The van der Waals surface area contributed by atoms with Gasteiger partial charge in [-0.05, 0) is 80.7 Å². The molecule has 1 fully saturated rings. The van der Waals surface area contributed by atoms with Gasteiger partial charge in [0.1, 0.15) is 0 Å². The summed E-state index contributed by atoms with van der Waals surface area (Å²) in [5, 5.41) is 6.98. The van der Waals surface area contributed by atoms with E-state index in [0.29, 0.717) is 17.3 Å². The van der Waals surface area contributed by atoms with Gasteiger partial charge in [-0.3, -0.25) is 0 Å². The number of rotatable bonds is 6. The van der Waals surface area contributed by atoms with Crippen LogP contribution < -0.4 is 15.5 Å². The third-order valence-corrected chi connectivity index (χ3v) is 5.74. The van der Waals surface area contributed by atoms with Crippen molar-refractivity contribution in [1.82, 2.24) is 5.32 Å². The van der Waals surface area contributed by atoms with E-state index in [9.17, 15) is 4.79 Å². The van der Waals surface area contributed by atoms with Gasteiger partial charge >= 0.3 is 5.97 Å². The second-order valence-corrected chi connectivity index (χ2v) is 8.29. The molecule has 2 aromatic rings. The Hall–Kier alpha value is -2.60. The standard InChI is InChI=1S/C24H31N3O2S/c1-4-29-23(28)20-6-5-7-21(16-20)26-24(30)25-18(3)19-8-10-22(11-9-19)27-14-12-17(2)13-15-27/h5-11,16-18H,4,12-15H2,1-3H3,(H2,25,26,30)/t18-/m1/s1. The Morgan fingerprint density at radius 3 is 2.57 bits per heavy atom. The highest BCUT2D eigenvalue weighted by molar-refractivity contribution is 7.80. The van der Waals surface area contributed by atoms with Crippen LogP contribution >= 0.6 is 12.2 Å². The van der Waals surface area contributed by atoms with Crippen LogP contribution in [0.1, 0.15) is 55.6 Å². The van der Waals surface area contributed by atoms with E-state index in [1.807, 2.05) is 6.07 Å². The average molecular weight is 426 g/mol. The van der Waals surface area contributed by atoms with Crippen molar-refractivity contribution >= 4 is 34.7 Å². The third-order valence-electron chi connectivity index (χ3n) is 5.52. The number of carbonyl (C=O) groups excluding carboxylic acids is 1. The van der Waals surface area contributed by atoms with E-state index in [0.717, 1.165) is 24.7 Å². The molecule has 0 radical (unpaired) electrons. The number of benzene rings is 2. The number of hydrogen-bond donors (Lipinski definition) is 2. The molecule has 0 amide bonds. The van der Waals surface area contributed by atoms with Gasteiger partial charge in [0.25, 0.3) is 0 Å². The van der Waals surface area contributed by atoms with Crippen LogP contribution in [0.25, 0.3) is 0 Å². The molecule has 6 heteroatoms. The van der Waals surface area contributed by atoms with Crippen LogP contribution in [-0.4, -0.2) is 30.8 Å². The Morgan fingerprint density at radius 2 is 1.90 bits per heavy atom. The van der Waals surface area contributed by atoms with Gasteiger partial charge in [-0.25, -0.2) is 4.79 Å². The van der Waals surface area contributed by atoms with Crippen LogP contribution in [0.3, 0.4) is 0 Å². The molecule has 0 saturated carbocycles. The van der Waals surface area contributed by atoms with E-state index in [4.69, 9.17) is 17.0 Å². The molecule has 1 aliphatic rings. The zero-order chi connectivity index (χ0) is 21.5. The molecule has 1 aliphatic heterocycles. The molecule has 0 aromatic heterocycles. The monoisotopic (exact) mass is 425 g/mol. The van der Waals surface area contributed by atoms with Crippen LogP contribution in [0.4, 0.5) is 11.4 Å². The van der Waals surface area contributed by atoms with Gasteiger partial charge in [0.05, 0.1) is 18.2 Å². The topological polar surface area (TPSA) is 53.6 Å². The van der Waals surface area contributed by atoms with Crippen molar-refractivity contribution in [2.24, 2.45) is 5.92 Å². The molecule has 5 nitrogen and oxygen atoms in total. The molecule has 1 heterocycles. The van der Waals surface area contributed by atoms with E-state index in [1.54, 1.807) is 25.1 Å². The van der Waals surface area contributed by atoms with Crippen LogP contribution in [-0.2, 0) is 4.74 Å². The Morgan fingerprint density at radius 1 is 1.20 bits per heavy atom. The van der Waals surface area contributed by atoms with Crippen LogP contribution in [0.2, 0.25) is 0 Å². The average Bonchev–Trinajstić information content (AvgIpc) is 2.74. The molecule has 2 N–H and O–H groups in total. The first-order valence-electron chi connectivity index (χ1n) is 10.7. The Labute approximate surface area is 184 Å². The molecular weight excluding hydrogens is 394 g/mol. The largest absolute Gasteiger partial charge is 0.462 e. The summed E-state index contributed by atoms with van der Waals surface area (Å²) >= 11 is 5.47. The van der Waals surface area contributed by atoms with Gasteiger partial charge in [0.15, 0.2) is 5.11 Å². The minimum atomic E-state index is -0.336. The number of nitrogens with zero attached hydrogens (tertiary/aromatic N) is 1. The van der Waals surface area contributed by atoms with Gasteiger partial charge in [0.2, 0.25) is 0 Å². The second kappa shape index (κ2) is 10.4. The van der Waals surface area contributed by atoms with Crippen molar-refractivity contribution in [2.45, 2.75) is 39.7 Å². The van der Waals surface area contributed by atoms with Crippen molar-refractivity contribution in [2.75, 3.05) is 29.9 Å². The summed E-state index contributed by atoms with van der Waals surface area (Å²) in [5.41, 5.74) is 3.71. The fourth-order valence-corrected chi connectivity index (χ4v) is 3.92. The maximum atomic E-state index is 11.9. The number of ether oxygens (including phenoxy) is 1. The normalized spacial score (nSPS) is 15.4. The van der Waals surface area contributed by atoms with Crippen LogP contribution in [0.5, 0.6) is 0 Å². The Kier molecular flexibility index (Phi) is 7.69. The molecule has 1 atom stereocenters. The Balaban J connectivity index is 1.55. The number of esters is 1. The fraction of sp³-hybridized carbons (Fsp3) is 0.417. The van der Waals surface area contributed by atoms with E-state index in [-0.39, 0.29) is 12.0 Å². The highest BCUT2D eigenvalue weighted by Gasteiger charge is 2.16. The SMILES string of the molecule is CCOC(=O)c1cccc(NC(=S)N[C@H](C)c2ccc(N3CCC(C)CC3)cc2)c1. The molecule has 3 rings (SSSR count). The van der Waals surface area contributed by atoms with Gasteiger partial charge in [0, 0.05) is 24.5 Å². The summed E-state index contributed by atoms with van der Waals surface area (Å²) in [6, 6.07) is 15.9. The lowest BCUT2D eigenvalue weighted by Gasteiger charge is -2.32. The lowest BCUT2D eigenvalue weighted by atomic mass is 9.98. The lowest BCUT2D eigenvalue weighted by Crippen LogP contribution is -2.33. The van der Waals surface area contributed by atoms with E-state index in [2.05, 4.69) is 53.6 Å². The molecule has 1 saturated heterocycles. The number of hydrogen-bond acceptors (Lipinski definition) is 4. The number of carbonyl (C=O) groups is 1. The molecule has 30 heavy (non-hydrogen) atoms. The third kappa shape index (κ3) is 5.95. The van der Waals surface area contributed by atoms with Gasteiger partial charge in [-0.2, -0.15) is 0 Å². The molecular formula is C24H31N3O2S. The first kappa shape index (κ1) is 22.1. The van der Waals surface area contributed by atoms with Crippen molar-refractivity contribution in [3.8, 4) is 0 Å². The van der Waals surface area contributed by atoms with E-state index < -0.39 is 0 Å². The fourth-order valence-electron chi connectivity index (χ4n) is 3.63. The van der Waals surface area contributed by atoms with Crippen molar-refractivity contribution < 1.29 is 9.53 Å².